The third-order valence-corrected chi connectivity index (χ3v) is 7.79. The van der Waals surface area contributed by atoms with Crippen LogP contribution < -0.4 is 4.90 Å². The Bertz CT molecular complexity index is 1330. The van der Waals surface area contributed by atoms with Gasteiger partial charge in [0.15, 0.2) is 0 Å². The van der Waals surface area contributed by atoms with Gasteiger partial charge in [0, 0.05) is 55.2 Å². The minimum atomic E-state index is -0.482. The summed E-state index contributed by atoms with van der Waals surface area (Å²) >= 11 is 0. The second-order valence-electron chi connectivity index (χ2n) is 12.0. The Kier molecular flexibility index (Phi) is 8.57. The van der Waals surface area contributed by atoms with Crippen molar-refractivity contribution in [3.8, 4) is 22.8 Å². The molecule has 0 aliphatic carbocycles. The van der Waals surface area contributed by atoms with Gasteiger partial charge in [-0.15, -0.1) is 0 Å². The molecule has 1 fully saturated rings. The number of anilines is 1. The first kappa shape index (κ1) is 28.3. The summed E-state index contributed by atoms with van der Waals surface area (Å²) < 4.78 is 16.8. The van der Waals surface area contributed by atoms with E-state index in [9.17, 15) is 4.79 Å². The maximum absolute atomic E-state index is 12.4. The number of hydrogen-bond acceptors (Lipinski definition) is 8. The van der Waals surface area contributed by atoms with Gasteiger partial charge in [-0.25, -0.2) is 0 Å². The minimum Gasteiger partial charge on any atom is -0.459 e. The minimum absolute atomic E-state index is 0.195. The smallest absolute Gasteiger partial charge is 0.320 e. The number of aromatic nitrogens is 2. The molecule has 1 aromatic heterocycles. The van der Waals surface area contributed by atoms with Crippen molar-refractivity contribution < 1.29 is 18.8 Å². The average Bonchev–Trinajstić information content (AvgIpc) is 3.42. The summed E-state index contributed by atoms with van der Waals surface area (Å²) in [5, 5.41) is 4.32. The van der Waals surface area contributed by atoms with E-state index in [0.717, 1.165) is 42.6 Å². The van der Waals surface area contributed by atoms with Crippen LogP contribution in [0.3, 0.4) is 0 Å². The first-order valence-electron chi connectivity index (χ1n) is 14.5. The predicted octanol–water partition coefficient (Wildman–Crippen LogP) is 6.02. The van der Waals surface area contributed by atoms with E-state index >= 15 is 0 Å². The Labute approximate surface area is 237 Å². The van der Waals surface area contributed by atoms with Crippen molar-refractivity contribution in [1.29, 1.82) is 0 Å². The number of ether oxygens (including phenoxy) is 2. The topological polar surface area (TPSA) is 80.9 Å². The molecule has 0 saturated carbocycles. The third-order valence-electron chi connectivity index (χ3n) is 7.79. The number of methoxy groups -OCH3 is 1. The van der Waals surface area contributed by atoms with Gasteiger partial charge in [0.25, 0.3) is 5.89 Å². The molecule has 214 valence electrons. The lowest BCUT2D eigenvalue weighted by molar-refractivity contribution is -0.156. The van der Waals surface area contributed by atoms with E-state index in [2.05, 4.69) is 58.3 Å². The number of carbonyl (C=O) groups excluding carboxylic acids is 1. The van der Waals surface area contributed by atoms with Gasteiger partial charge in [-0.05, 0) is 88.3 Å². The fraction of sp³-hybridized carbons (Fsp3) is 0.531. The number of rotatable bonds is 8. The Morgan fingerprint density at radius 1 is 1.07 bits per heavy atom. The molecule has 2 aliphatic heterocycles. The zero-order valence-corrected chi connectivity index (χ0v) is 24.5. The molecule has 8 heteroatoms. The molecule has 2 aliphatic rings. The highest BCUT2D eigenvalue weighted by molar-refractivity contribution is 5.72. The van der Waals surface area contributed by atoms with Crippen molar-refractivity contribution in [2.75, 3.05) is 31.6 Å². The molecular formula is C32H42N4O4. The van der Waals surface area contributed by atoms with Gasteiger partial charge in [-0.1, -0.05) is 24.2 Å². The fourth-order valence-corrected chi connectivity index (χ4v) is 5.92. The number of benzene rings is 2. The number of fused-ring (bicyclic) bond motifs is 1. The number of nitrogens with zero attached hydrogens (tertiary/aromatic N) is 4. The molecule has 40 heavy (non-hydrogen) atoms. The van der Waals surface area contributed by atoms with Crippen LogP contribution in [0.4, 0.5) is 5.69 Å². The maximum atomic E-state index is 12.4. The molecule has 0 N–H and O–H groups in total. The van der Waals surface area contributed by atoms with Crippen LogP contribution in [0.5, 0.6) is 0 Å². The van der Waals surface area contributed by atoms with Crippen molar-refractivity contribution in [3.05, 3.63) is 53.1 Å². The van der Waals surface area contributed by atoms with Crippen molar-refractivity contribution in [2.24, 2.45) is 0 Å². The Morgan fingerprint density at radius 3 is 2.67 bits per heavy atom. The summed E-state index contributed by atoms with van der Waals surface area (Å²) in [6, 6.07) is 13.3. The lowest BCUT2D eigenvalue weighted by atomic mass is 9.97. The van der Waals surface area contributed by atoms with Crippen LogP contribution in [-0.2, 0) is 33.8 Å². The lowest BCUT2D eigenvalue weighted by Gasteiger charge is -2.38. The van der Waals surface area contributed by atoms with Gasteiger partial charge < -0.3 is 18.9 Å². The zero-order chi connectivity index (χ0) is 28.3. The highest BCUT2D eigenvalue weighted by Crippen LogP contribution is 2.33. The quantitative estimate of drug-likeness (QED) is 0.317. The second kappa shape index (κ2) is 12.1. The molecule has 8 nitrogen and oxygen atoms in total. The summed E-state index contributed by atoms with van der Waals surface area (Å²) in [6.45, 7) is 11.4. The monoisotopic (exact) mass is 546 g/mol. The van der Waals surface area contributed by atoms with Crippen LogP contribution >= 0.6 is 0 Å². The lowest BCUT2D eigenvalue weighted by Crippen LogP contribution is -2.39. The largest absolute Gasteiger partial charge is 0.459 e. The van der Waals surface area contributed by atoms with E-state index < -0.39 is 5.60 Å². The molecule has 5 rings (SSSR count). The molecule has 0 bridgehead atoms. The molecule has 0 radical (unpaired) electrons. The number of carbonyl (C=O) groups is 1. The molecule has 1 saturated heterocycles. The van der Waals surface area contributed by atoms with Crippen LogP contribution in [0.2, 0.25) is 0 Å². The van der Waals surface area contributed by atoms with Gasteiger partial charge in [-0.3, -0.25) is 9.69 Å². The molecule has 3 aromatic rings. The standard InChI is InChI=1S/C32H42N4O4/c1-6-27-9-7-8-15-36(27)28-13-12-24(18-26(28)21-38-5)31-33-30(34-40-31)23-11-10-22-14-16-35(19-25(22)17-23)20-29(37)39-32(2,3)4/h10-13,17-18,27H,6-9,14-16,19-21H2,1-5H3/t27-/m0/s1. The van der Waals surface area contributed by atoms with Crippen LogP contribution in [-0.4, -0.2) is 59.4 Å². The molecule has 2 aromatic carbocycles. The van der Waals surface area contributed by atoms with Gasteiger partial charge in [0.2, 0.25) is 5.82 Å². The molecule has 1 atom stereocenters. The maximum Gasteiger partial charge on any atom is 0.320 e. The first-order chi connectivity index (χ1) is 19.2. The summed E-state index contributed by atoms with van der Waals surface area (Å²) in [6.07, 6.45) is 5.78. The van der Waals surface area contributed by atoms with Gasteiger partial charge >= 0.3 is 5.97 Å². The van der Waals surface area contributed by atoms with Crippen molar-refractivity contribution in [3.63, 3.8) is 0 Å². The SMILES string of the molecule is CC[C@H]1CCCCN1c1ccc(-c2nc(-c3ccc4c(c3)CN(CC(=O)OC(C)(C)C)CC4)no2)cc1COC. The van der Waals surface area contributed by atoms with E-state index in [4.69, 9.17) is 19.0 Å². The summed E-state index contributed by atoms with van der Waals surface area (Å²) in [5.74, 6) is 0.856. The Balaban J connectivity index is 1.34. The normalized spacial score (nSPS) is 18.0. The predicted molar refractivity (Wildman–Crippen MR) is 156 cm³/mol. The van der Waals surface area contributed by atoms with Crippen LogP contribution in [0.1, 0.15) is 70.1 Å². The van der Waals surface area contributed by atoms with Crippen molar-refractivity contribution in [2.45, 2.75) is 84.6 Å². The molecule has 0 spiro atoms. The Hall–Kier alpha value is -3.23. The van der Waals surface area contributed by atoms with E-state index in [1.54, 1.807) is 7.11 Å². The van der Waals surface area contributed by atoms with E-state index in [1.807, 2.05) is 20.8 Å². The van der Waals surface area contributed by atoms with E-state index in [1.165, 1.54) is 36.1 Å². The second-order valence-corrected chi connectivity index (χ2v) is 12.0. The zero-order valence-electron chi connectivity index (χ0n) is 24.5. The molecular weight excluding hydrogens is 504 g/mol. The van der Waals surface area contributed by atoms with Gasteiger partial charge in [0.1, 0.15) is 5.60 Å². The van der Waals surface area contributed by atoms with Crippen LogP contribution in [0.15, 0.2) is 40.9 Å². The number of piperidine rings is 1. The van der Waals surface area contributed by atoms with Crippen LogP contribution in [0.25, 0.3) is 22.8 Å². The average molecular weight is 547 g/mol. The summed E-state index contributed by atoms with van der Waals surface area (Å²) in [7, 11) is 1.74. The Morgan fingerprint density at radius 2 is 1.90 bits per heavy atom. The van der Waals surface area contributed by atoms with E-state index in [0.29, 0.717) is 30.9 Å². The highest BCUT2D eigenvalue weighted by Gasteiger charge is 2.25. The number of hydrogen-bond donors (Lipinski definition) is 0. The molecule has 3 heterocycles. The van der Waals surface area contributed by atoms with Crippen molar-refractivity contribution in [1.82, 2.24) is 15.0 Å². The fourth-order valence-electron chi connectivity index (χ4n) is 5.92. The van der Waals surface area contributed by atoms with Gasteiger partial charge in [0.05, 0.1) is 13.2 Å². The van der Waals surface area contributed by atoms with E-state index in [-0.39, 0.29) is 12.5 Å². The number of esters is 1. The summed E-state index contributed by atoms with van der Waals surface area (Å²) in [4.78, 5) is 21.8. The third kappa shape index (κ3) is 6.56. The first-order valence-corrected chi connectivity index (χ1v) is 14.5. The summed E-state index contributed by atoms with van der Waals surface area (Å²) in [5.41, 5.74) is 6.15. The van der Waals surface area contributed by atoms with Crippen molar-refractivity contribution >= 4 is 11.7 Å². The molecule has 0 amide bonds. The highest BCUT2D eigenvalue weighted by atomic mass is 16.6. The molecule has 0 unspecified atom stereocenters. The van der Waals surface area contributed by atoms with Crippen LogP contribution in [0, 0.1) is 0 Å². The van der Waals surface area contributed by atoms with Gasteiger partial charge in [-0.2, -0.15) is 4.98 Å².